The van der Waals surface area contributed by atoms with Gasteiger partial charge in [-0.05, 0) is 19.3 Å². The van der Waals surface area contributed by atoms with Crippen LogP contribution in [0, 0.1) is 11.8 Å². The number of carbonyl (C=O) groups excluding carboxylic acids is 1. The lowest BCUT2D eigenvalue weighted by atomic mass is 9.96. The molecule has 0 radical (unpaired) electrons. The summed E-state index contributed by atoms with van der Waals surface area (Å²) < 4.78 is 11.9. The van der Waals surface area contributed by atoms with Crippen LogP contribution in [0.5, 0.6) is 0 Å². The number of hydrogen-bond donors (Lipinski definition) is 4. The van der Waals surface area contributed by atoms with Crippen molar-refractivity contribution in [1.82, 2.24) is 19.5 Å². The minimum atomic E-state index is -2.14. The van der Waals surface area contributed by atoms with Crippen LogP contribution >= 0.6 is 0 Å². The highest BCUT2D eigenvalue weighted by atomic mass is 16.6. The smallest absolute Gasteiger partial charge is 0.343 e. The summed E-state index contributed by atoms with van der Waals surface area (Å²) in [6.45, 7) is 2.75. The largest absolute Gasteiger partial charge is 0.464 e. The van der Waals surface area contributed by atoms with Gasteiger partial charge < -0.3 is 30.5 Å². The van der Waals surface area contributed by atoms with Crippen molar-refractivity contribution in [2.75, 3.05) is 18.9 Å². The number of nitrogens with zero attached hydrogens (tertiary/aromatic N) is 4. The van der Waals surface area contributed by atoms with Crippen LogP contribution in [0.1, 0.15) is 45.2 Å². The van der Waals surface area contributed by atoms with Crippen molar-refractivity contribution in [3.8, 4) is 11.8 Å². The predicted molar refractivity (Wildman–Crippen MR) is 105 cm³/mol. The van der Waals surface area contributed by atoms with Crippen molar-refractivity contribution in [2.45, 2.75) is 57.1 Å². The Balaban J connectivity index is 2.00. The van der Waals surface area contributed by atoms with E-state index >= 15 is 0 Å². The second-order valence-corrected chi connectivity index (χ2v) is 6.87. The molecule has 11 nitrogen and oxygen atoms in total. The fourth-order valence-electron chi connectivity index (χ4n) is 3.21. The third kappa shape index (κ3) is 3.70. The van der Waals surface area contributed by atoms with Crippen molar-refractivity contribution in [2.24, 2.45) is 0 Å². The third-order valence-corrected chi connectivity index (χ3v) is 4.86. The number of imidazole rings is 1. The molecule has 4 atom stereocenters. The van der Waals surface area contributed by atoms with Crippen molar-refractivity contribution in [3.05, 3.63) is 12.2 Å². The van der Waals surface area contributed by atoms with Gasteiger partial charge in [0.15, 0.2) is 17.7 Å². The Morgan fingerprint density at radius 1 is 1.40 bits per heavy atom. The SMILES string of the molecule is CCCCC#Cc1nc(N)c2ncn([C@@H]3O[C@@](CO)(C(=O)OCC)C(O)C3O)c2n1. The third-order valence-electron chi connectivity index (χ3n) is 4.86. The number of unbranched alkanes of at least 4 members (excludes halogenated alkanes) is 2. The molecule has 3 rings (SSSR count). The first-order chi connectivity index (χ1) is 14.4. The lowest BCUT2D eigenvalue weighted by Crippen LogP contribution is -2.53. The summed E-state index contributed by atoms with van der Waals surface area (Å²) in [6, 6.07) is 0. The Morgan fingerprint density at radius 2 is 2.17 bits per heavy atom. The number of nitrogens with two attached hydrogens (primary N) is 1. The van der Waals surface area contributed by atoms with Gasteiger partial charge in [0.05, 0.1) is 19.5 Å². The van der Waals surface area contributed by atoms with Crippen LogP contribution in [0.4, 0.5) is 5.82 Å². The van der Waals surface area contributed by atoms with Crippen molar-refractivity contribution in [1.29, 1.82) is 0 Å². The summed E-state index contributed by atoms with van der Waals surface area (Å²) in [5.41, 5.74) is 4.28. The molecule has 0 spiro atoms. The molecule has 11 heteroatoms. The Bertz CT molecular complexity index is 983. The van der Waals surface area contributed by atoms with Gasteiger partial charge in [-0.15, -0.1) is 0 Å². The zero-order chi connectivity index (χ0) is 21.9. The molecule has 0 amide bonds. The molecule has 0 aliphatic carbocycles. The maximum atomic E-state index is 12.3. The van der Waals surface area contributed by atoms with Crippen LogP contribution in [0.2, 0.25) is 0 Å². The summed E-state index contributed by atoms with van der Waals surface area (Å²) in [4.78, 5) is 24.9. The number of aromatic nitrogens is 4. The van der Waals surface area contributed by atoms with E-state index in [4.69, 9.17) is 15.2 Å². The molecule has 2 unspecified atom stereocenters. The van der Waals surface area contributed by atoms with Gasteiger partial charge in [-0.3, -0.25) is 4.57 Å². The topological polar surface area (TPSA) is 166 Å². The molecule has 162 valence electrons. The lowest BCUT2D eigenvalue weighted by Gasteiger charge is -2.27. The van der Waals surface area contributed by atoms with E-state index in [1.54, 1.807) is 6.92 Å². The number of anilines is 1. The van der Waals surface area contributed by atoms with E-state index in [0.717, 1.165) is 12.8 Å². The average Bonchev–Trinajstić information content (AvgIpc) is 3.26. The second kappa shape index (κ2) is 8.93. The number of carbonyl (C=O) groups is 1. The Kier molecular flexibility index (Phi) is 6.52. The van der Waals surface area contributed by atoms with E-state index in [0.29, 0.717) is 6.42 Å². The standard InChI is InChI=1S/C19H25N5O6/c1-3-5-6-7-8-11-22-15(20)12-16(23-11)24(10-21-12)17-13(26)14(27)19(9-25,30-17)18(28)29-4-2/h10,13-14,17,25-27H,3-6,9H2,1-2H3,(H2,20,22,23)/t13?,14?,17-,19-/m1/s1. The van der Waals surface area contributed by atoms with Crippen molar-refractivity contribution in [3.63, 3.8) is 0 Å². The van der Waals surface area contributed by atoms with Crippen LogP contribution in [0.15, 0.2) is 6.33 Å². The molecule has 1 aliphatic heterocycles. The van der Waals surface area contributed by atoms with E-state index in [1.807, 2.05) is 0 Å². The predicted octanol–water partition coefficient (Wildman–Crippen LogP) is -0.505. The van der Waals surface area contributed by atoms with Crippen LogP contribution in [0.3, 0.4) is 0 Å². The Hall–Kier alpha value is -2.78. The normalized spacial score (nSPS) is 25.8. The van der Waals surface area contributed by atoms with E-state index < -0.39 is 36.6 Å². The second-order valence-electron chi connectivity index (χ2n) is 6.87. The summed E-state index contributed by atoms with van der Waals surface area (Å²) >= 11 is 0. The van der Waals surface area contributed by atoms with Gasteiger partial charge in [-0.1, -0.05) is 19.3 Å². The van der Waals surface area contributed by atoms with Gasteiger partial charge >= 0.3 is 5.97 Å². The van der Waals surface area contributed by atoms with E-state index in [-0.39, 0.29) is 29.4 Å². The summed E-state index contributed by atoms with van der Waals surface area (Å²) in [6.07, 6.45) is -0.659. The van der Waals surface area contributed by atoms with E-state index in [1.165, 1.54) is 10.9 Å². The zero-order valence-corrected chi connectivity index (χ0v) is 16.8. The summed E-state index contributed by atoms with van der Waals surface area (Å²) in [7, 11) is 0. The van der Waals surface area contributed by atoms with Gasteiger partial charge in [0.25, 0.3) is 0 Å². The molecular weight excluding hydrogens is 394 g/mol. The van der Waals surface area contributed by atoms with Gasteiger partial charge in [0.1, 0.15) is 17.7 Å². The summed E-state index contributed by atoms with van der Waals surface area (Å²) in [5, 5.41) is 30.8. The minimum Gasteiger partial charge on any atom is -0.464 e. The number of aliphatic hydroxyl groups is 3. The number of rotatable bonds is 6. The maximum absolute atomic E-state index is 12.3. The first-order valence-electron chi connectivity index (χ1n) is 9.70. The van der Waals surface area contributed by atoms with Crippen LogP contribution in [0.25, 0.3) is 11.2 Å². The van der Waals surface area contributed by atoms with E-state index in [9.17, 15) is 20.1 Å². The molecule has 1 fully saturated rings. The molecule has 0 aromatic carbocycles. The molecule has 5 N–H and O–H groups in total. The first-order valence-corrected chi connectivity index (χ1v) is 9.70. The molecule has 2 aromatic rings. The monoisotopic (exact) mass is 419 g/mol. The quantitative estimate of drug-likeness (QED) is 0.272. The number of ether oxygens (including phenoxy) is 2. The molecule has 3 heterocycles. The first kappa shape index (κ1) is 21.9. The average molecular weight is 419 g/mol. The fourth-order valence-corrected chi connectivity index (χ4v) is 3.21. The van der Waals surface area contributed by atoms with E-state index in [2.05, 4.69) is 33.7 Å². The van der Waals surface area contributed by atoms with Gasteiger partial charge in [-0.2, -0.15) is 0 Å². The number of esters is 1. The number of aliphatic hydroxyl groups excluding tert-OH is 3. The van der Waals surface area contributed by atoms with Gasteiger partial charge in [-0.25, -0.2) is 19.7 Å². The Labute approximate surface area is 172 Å². The molecule has 2 aromatic heterocycles. The Morgan fingerprint density at radius 3 is 2.83 bits per heavy atom. The molecular formula is C19H25N5O6. The minimum absolute atomic E-state index is 0.00918. The highest BCUT2D eigenvalue weighted by molar-refractivity contribution is 5.83. The van der Waals surface area contributed by atoms with Gasteiger partial charge in [0.2, 0.25) is 11.4 Å². The highest BCUT2D eigenvalue weighted by Crippen LogP contribution is 2.39. The van der Waals surface area contributed by atoms with Crippen LogP contribution < -0.4 is 5.73 Å². The lowest BCUT2D eigenvalue weighted by molar-refractivity contribution is -0.189. The zero-order valence-electron chi connectivity index (χ0n) is 16.8. The van der Waals surface area contributed by atoms with Crippen molar-refractivity contribution < 1.29 is 29.6 Å². The molecule has 1 saturated heterocycles. The maximum Gasteiger partial charge on any atom is 0.343 e. The molecule has 1 aliphatic rings. The number of nitrogen functional groups attached to an aromatic ring is 1. The van der Waals surface area contributed by atoms with Crippen molar-refractivity contribution >= 4 is 23.0 Å². The molecule has 30 heavy (non-hydrogen) atoms. The van der Waals surface area contributed by atoms with Crippen LogP contribution in [-0.4, -0.2) is 71.8 Å². The number of fused-ring (bicyclic) bond motifs is 1. The van der Waals surface area contributed by atoms with Gasteiger partial charge in [0, 0.05) is 6.42 Å². The molecule has 0 bridgehead atoms. The van der Waals surface area contributed by atoms with Crippen LogP contribution in [-0.2, 0) is 14.3 Å². The number of hydrogen-bond acceptors (Lipinski definition) is 10. The summed E-state index contributed by atoms with van der Waals surface area (Å²) in [5.74, 6) is 5.09. The fraction of sp³-hybridized carbons (Fsp3) is 0.579. The highest BCUT2D eigenvalue weighted by Gasteiger charge is 2.60. The molecule has 0 saturated carbocycles.